The Morgan fingerprint density at radius 3 is 2.69 bits per heavy atom. The summed E-state index contributed by atoms with van der Waals surface area (Å²) in [7, 11) is 0. The molecule has 2 amide bonds. The number of rotatable bonds is 4. The zero-order chi connectivity index (χ0) is 18.5. The van der Waals surface area contributed by atoms with E-state index in [0.29, 0.717) is 42.5 Å². The number of hydrogen-bond acceptors (Lipinski definition) is 3. The summed E-state index contributed by atoms with van der Waals surface area (Å²) >= 11 is 3.24. The maximum atomic E-state index is 13.2. The maximum Gasteiger partial charge on any atom is 0.255 e. The fourth-order valence-electron chi connectivity index (χ4n) is 3.01. The topological polar surface area (TPSA) is 62.3 Å². The lowest BCUT2D eigenvalue weighted by Crippen LogP contribution is -2.43. The second-order valence-electron chi connectivity index (χ2n) is 6.27. The van der Waals surface area contributed by atoms with Crippen molar-refractivity contribution in [2.75, 3.05) is 13.1 Å². The van der Waals surface area contributed by atoms with Crippen LogP contribution in [0.2, 0.25) is 0 Å². The van der Waals surface area contributed by atoms with Gasteiger partial charge in [-0.3, -0.25) is 14.6 Å². The highest BCUT2D eigenvalue weighted by atomic mass is 79.9. The lowest BCUT2D eigenvalue weighted by atomic mass is 9.95. The Morgan fingerprint density at radius 1 is 1.27 bits per heavy atom. The smallest absolute Gasteiger partial charge is 0.255 e. The van der Waals surface area contributed by atoms with Gasteiger partial charge in [0.2, 0.25) is 5.91 Å². The number of piperidine rings is 1. The third-order valence-electron chi connectivity index (χ3n) is 4.50. The molecule has 0 spiro atoms. The second-order valence-corrected chi connectivity index (χ2v) is 7.12. The lowest BCUT2D eigenvalue weighted by Gasteiger charge is -2.31. The first kappa shape index (κ1) is 18.5. The Labute approximate surface area is 159 Å². The summed E-state index contributed by atoms with van der Waals surface area (Å²) in [5, 5.41) is 2.93. The number of halogens is 2. The minimum atomic E-state index is -0.391. The van der Waals surface area contributed by atoms with E-state index in [0.717, 1.165) is 5.56 Å². The molecule has 0 unspecified atom stereocenters. The highest BCUT2D eigenvalue weighted by Gasteiger charge is 2.28. The van der Waals surface area contributed by atoms with Gasteiger partial charge in [-0.1, -0.05) is 6.07 Å². The Morgan fingerprint density at radius 2 is 2.04 bits per heavy atom. The van der Waals surface area contributed by atoms with E-state index >= 15 is 0 Å². The van der Waals surface area contributed by atoms with Crippen LogP contribution in [-0.2, 0) is 11.3 Å². The number of aromatic nitrogens is 1. The van der Waals surface area contributed by atoms with Crippen LogP contribution in [-0.4, -0.2) is 34.8 Å². The molecule has 1 N–H and O–H groups in total. The first-order valence-electron chi connectivity index (χ1n) is 8.45. The van der Waals surface area contributed by atoms with E-state index in [1.54, 1.807) is 17.3 Å². The Balaban J connectivity index is 1.52. The van der Waals surface area contributed by atoms with Crippen molar-refractivity contribution in [2.24, 2.45) is 5.92 Å². The first-order valence-corrected chi connectivity index (χ1v) is 9.25. The van der Waals surface area contributed by atoms with Crippen LogP contribution in [0.25, 0.3) is 0 Å². The van der Waals surface area contributed by atoms with Crippen molar-refractivity contribution in [2.45, 2.75) is 19.4 Å². The van der Waals surface area contributed by atoms with Crippen molar-refractivity contribution < 1.29 is 14.0 Å². The zero-order valence-electron chi connectivity index (χ0n) is 14.1. The molecule has 0 saturated carbocycles. The second kappa shape index (κ2) is 8.40. The normalized spacial score (nSPS) is 14.9. The highest BCUT2D eigenvalue weighted by Crippen LogP contribution is 2.23. The van der Waals surface area contributed by atoms with Gasteiger partial charge in [-0.15, -0.1) is 0 Å². The van der Waals surface area contributed by atoms with Gasteiger partial charge in [0.1, 0.15) is 5.82 Å². The molecule has 1 aromatic carbocycles. The van der Waals surface area contributed by atoms with Crippen LogP contribution in [0, 0.1) is 11.7 Å². The summed E-state index contributed by atoms with van der Waals surface area (Å²) in [6.07, 6.45) is 4.65. The molecule has 1 aliphatic heterocycles. The Bertz CT molecular complexity index is 793. The zero-order valence-corrected chi connectivity index (χ0v) is 15.7. The number of nitrogens with one attached hydrogen (secondary N) is 1. The number of hydrogen-bond donors (Lipinski definition) is 1. The number of benzene rings is 1. The molecule has 0 atom stereocenters. The molecule has 1 aromatic heterocycles. The molecule has 7 heteroatoms. The number of pyridine rings is 1. The summed E-state index contributed by atoms with van der Waals surface area (Å²) in [5.41, 5.74) is 1.39. The Kier molecular flexibility index (Phi) is 5.98. The SMILES string of the molecule is O=C(NCc1cccnc1)C1CCN(C(=O)c2ccc(F)cc2Br)CC1. The molecule has 26 heavy (non-hydrogen) atoms. The number of likely N-dealkylation sites (tertiary alicyclic amines) is 1. The molecule has 2 aromatic rings. The number of nitrogens with zero attached hydrogens (tertiary/aromatic N) is 2. The van der Waals surface area contributed by atoms with Crippen LogP contribution in [0.1, 0.15) is 28.8 Å². The fraction of sp³-hybridized carbons (Fsp3) is 0.316. The molecule has 1 fully saturated rings. The molecule has 0 aliphatic carbocycles. The van der Waals surface area contributed by atoms with Gasteiger partial charge in [0.25, 0.3) is 5.91 Å². The molecule has 136 valence electrons. The quantitative estimate of drug-likeness (QED) is 0.827. The van der Waals surface area contributed by atoms with E-state index in [1.807, 2.05) is 12.1 Å². The van der Waals surface area contributed by atoms with Crippen LogP contribution in [0.5, 0.6) is 0 Å². The van der Waals surface area contributed by atoms with Crippen molar-refractivity contribution in [3.8, 4) is 0 Å². The van der Waals surface area contributed by atoms with Crippen molar-refractivity contribution >= 4 is 27.7 Å². The maximum absolute atomic E-state index is 13.2. The van der Waals surface area contributed by atoms with Gasteiger partial charge < -0.3 is 10.2 Å². The molecule has 3 rings (SSSR count). The molecule has 0 bridgehead atoms. The van der Waals surface area contributed by atoms with E-state index in [1.165, 1.54) is 18.2 Å². The van der Waals surface area contributed by atoms with Gasteiger partial charge >= 0.3 is 0 Å². The van der Waals surface area contributed by atoms with E-state index in [-0.39, 0.29) is 17.7 Å². The van der Waals surface area contributed by atoms with Crippen LogP contribution in [0.4, 0.5) is 4.39 Å². The number of carbonyl (C=O) groups is 2. The van der Waals surface area contributed by atoms with Crippen LogP contribution >= 0.6 is 15.9 Å². The Hall–Kier alpha value is -2.28. The number of amides is 2. The third-order valence-corrected chi connectivity index (χ3v) is 5.16. The summed E-state index contributed by atoms with van der Waals surface area (Å²) in [4.78, 5) is 30.6. The van der Waals surface area contributed by atoms with Gasteiger partial charge in [0.15, 0.2) is 0 Å². The van der Waals surface area contributed by atoms with Gasteiger partial charge in [-0.2, -0.15) is 0 Å². The van der Waals surface area contributed by atoms with Crippen molar-refractivity contribution in [3.63, 3.8) is 0 Å². The van der Waals surface area contributed by atoms with Crippen molar-refractivity contribution in [3.05, 3.63) is 64.1 Å². The van der Waals surface area contributed by atoms with Gasteiger partial charge in [0.05, 0.1) is 5.56 Å². The average molecular weight is 420 g/mol. The predicted octanol–water partition coefficient (Wildman–Crippen LogP) is 3.15. The predicted molar refractivity (Wildman–Crippen MR) is 98.8 cm³/mol. The molecule has 5 nitrogen and oxygen atoms in total. The van der Waals surface area contributed by atoms with Gasteiger partial charge in [-0.25, -0.2) is 4.39 Å². The minimum absolute atomic E-state index is 0.00362. The summed E-state index contributed by atoms with van der Waals surface area (Å²) in [6, 6.07) is 7.78. The van der Waals surface area contributed by atoms with Gasteiger partial charge in [0, 0.05) is 42.4 Å². The summed E-state index contributed by atoms with van der Waals surface area (Å²) in [6.45, 7) is 1.47. The van der Waals surface area contributed by atoms with Crippen LogP contribution in [0.3, 0.4) is 0 Å². The minimum Gasteiger partial charge on any atom is -0.352 e. The third kappa shape index (κ3) is 4.46. The van der Waals surface area contributed by atoms with E-state index < -0.39 is 5.82 Å². The average Bonchev–Trinajstić information content (AvgIpc) is 2.66. The lowest BCUT2D eigenvalue weighted by molar-refractivity contribution is -0.126. The number of carbonyl (C=O) groups excluding carboxylic acids is 2. The summed E-state index contributed by atoms with van der Waals surface area (Å²) < 4.78 is 13.6. The molecular formula is C19H19BrFN3O2. The molecular weight excluding hydrogens is 401 g/mol. The van der Waals surface area contributed by atoms with E-state index in [2.05, 4.69) is 26.2 Å². The molecule has 1 aliphatic rings. The van der Waals surface area contributed by atoms with E-state index in [9.17, 15) is 14.0 Å². The van der Waals surface area contributed by atoms with Crippen molar-refractivity contribution in [1.82, 2.24) is 15.2 Å². The molecule has 1 saturated heterocycles. The fourth-order valence-corrected chi connectivity index (χ4v) is 3.53. The van der Waals surface area contributed by atoms with E-state index in [4.69, 9.17) is 0 Å². The molecule has 0 radical (unpaired) electrons. The van der Waals surface area contributed by atoms with Crippen molar-refractivity contribution in [1.29, 1.82) is 0 Å². The largest absolute Gasteiger partial charge is 0.352 e. The highest BCUT2D eigenvalue weighted by molar-refractivity contribution is 9.10. The van der Waals surface area contributed by atoms with Crippen LogP contribution in [0.15, 0.2) is 47.2 Å². The standard InChI is InChI=1S/C19H19BrFN3O2/c20-17-10-15(21)3-4-16(17)19(26)24-8-5-14(6-9-24)18(25)23-12-13-2-1-7-22-11-13/h1-4,7,10-11,14H,5-6,8-9,12H2,(H,23,25). The van der Waals surface area contributed by atoms with Gasteiger partial charge in [-0.05, 0) is 58.6 Å². The van der Waals surface area contributed by atoms with Crippen LogP contribution < -0.4 is 5.32 Å². The molecule has 2 heterocycles. The monoisotopic (exact) mass is 419 g/mol. The summed E-state index contributed by atoms with van der Waals surface area (Å²) in [5.74, 6) is -0.639. The first-order chi connectivity index (χ1) is 12.5.